The second kappa shape index (κ2) is 3.40. The molecule has 0 aromatic heterocycles. The first-order valence-corrected chi connectivity index (χ1v) is 3.50. The molecule has 0 bridgehead atoms. The molecule has 1 saturated heterocycles. The van der Waals surface area contributed by atoms with Gasteiger partial charge in [0.15, 0.2) is 6.10 Å². The number of cyclic esters (lactones) is 1. The van der Waals surface area contributed by atoms with Crippen molar-refractivity contribution in [2.24, 2.45) is 5.73 Å². The number of carbonyl (C=O) groups excluding carboxylic acids is 2. The fourth-order valence-electron chi connectivity index (χ4n) is 0.880. The molecule has 72 valence electrons. The number of hydrogen-bond donors (Lipinski definition) is 3. The number of hydrogen-bond acceptors (Lipinski definition) is 5. The van der Waals surface area contributed by atoms with Gasteiger partial charge in [-0.05, 0) is 0 Å². The first-order chi connectivity index (χ1) is 6.00. The largest absolute Gasteiger partial charge is 0.480 e. The summed E-state index contributed by atoms with van der Waals surface area (Å²) in [5.41, 5.74) is 5.13. The summed E-state index contributed by atoms with van der Waals surface area (Å²) >= 11 is 0. The standard InChI is InChI=1S/C6H8N2O5/c7-2(5(10)11)1-3-4(9)8-6(12)13-3/h2-3H,1,7H2,(H,10,11)(H,8,9,12)/t2-,3?/m1/s1. The molecule has 7 heteroatoms. The van der Waals surface area contributed by atoms with Crippen LogP contribution in [0.1, 0.15) is 6.42 Å². The first-order valence-electron chi connectivity index (χ1n) is 3.50. The highest BCUT2D eigenvalue weighted by Gasteiger charge is 2.34. The maximum atomic E-state index is 10.8. The summed E-state index contributed by atoms with van der Waals surface area (Å²) < 4.78 is 4.45. The summed E-state index contributed by atoms with van der Waals surface area (Å²) in [6.45, 7) is 0. The Labute approximate surface area is 72.8 Å². The van der Waals surface area contributed by atoms with Crippen molar-refractivity contribution >= 4 is 18.0 Å². The third kappa shape index (κ3) is 2.15. The lowest BCUT2D eigenvalue weighted by molar-refractivity contribution is -0.139. The van der Waals surface area contributed by atoms with Gasteiger partial charge in [-0.3, -0.25) is 14.9 Å². The Hall–Kier alpha value is -1.63. The molecule has 1 aliphatic rings. The maximum absolute atomic E-state index is 10.8. The molecular weight excluding hydrogens is 180 g/mol. The van der Waals surface area contributed by atoms with Crippen molar-refractivity contribution in [1.29, 1.82) is 0 Å². The van der Waals surface area contributed by atoms with E-state index in [9.17, 15) is 14.4 Å². The first kappa shape index (κ1) is 9.46. The molecule has 13 heavy (non-hydrogen) atoms. The highest BCUT2D eigenvalue weighted by molar-refractivity contribution is 6.00. The van der Waals surface area contributed by atoms with Crippen molar-refractivity contribution in [3.8, 4) is 0 Å². The summed E-state index contributed by atoms with van der Waals surface area (Å²) in [7, 11) is 0. The van der Waals surface area contributed by atoms with Gasteiger partial charge in [0, 0.05) is 6.42 Å². The van der Waals surface area contributed by atoms with Gasteiger partial charge in [0.25, 0.3) is 5.91 Å². The maximum Gasteiger partial charge on any atom is 0.414 e. The number of aliphatic carboxylic acids is 1. The van der Waals surface area contributed by atoms with Crippen molar-refractivity contribution in [2.75, 3.05) is 0 Å². The molecule has 1 fully saturated rings. The number of carbonyl (C=O) groups is 3. The van der Waals surface area contributed by atoms with Gasteiger partial charge in [-0.1, -0.05) is 0 Å². The van der Waals surface area contributed by atoms with E-state index >= 15 is 0 Å². The van der Waals surface area contributed by atoms with E-state index in [1.807, 2.05) is 5.32 Å². The Morgan fingerprint density at radius 3 is 2.69 bits per heavy atom. The molecule has 0 radical (unpaired) electrons. The van der Waals surface area contributed by atoms with Gasteiger partial charge in [0.1, 0.15) is 6.04 Å². The molecule has 0 saturated carbocycles. The van der Waals surface area contributed by atoms with Gasteiger partial charge in [-0.15, -0.1) is 0 Å². The third-order valence-electron chi connectivity index (χ3n) is 1.55. The Balaban J connectivity index is 2.50. The molecule has 0 aliphatic carbocycles. The second-order valence-corrected chi connectivity index (χ2v) is 2.56. The number of rotatable bonds is 3. The number of alkyl carbamates (subject to hydrolysis) is 1. The number of carboxylic acids is 1. The van der Waals surface area contributed by atoms with Crippen molar-refractivity contribution in [3.63, 3.8) is 0 Å². The number of nitrogens with two attached hydrogens (primary N) is 1. The van der Waals surface area contributed by atoms with E-state index in [-0.39, 0.29) is 6.42 Å². The van der Waals surface area contributed by atoms with E-state index in [4.69, 9.17) is 10.8 Å². The molecule has 1 unspecified atom stereocenters. The third-order valence-corrected chi connectivity index (χ3v) is 1.55. The topological polar surface area (TPSA) is 119 Å². The normalized spacial score (nSPS) is 23.6. The van der Waals surface area contributed by atoms with Crippen molar-refractivity contribution in [1.82, 2.24) is 5.32 Å². The van der Waals surface area contributed by atoms with Gasteiger partial charge in [0.05, 0.1) is 0 Å². The number of nitrogens with one attached hydrogen (secondary N) is 1. The van der Waals surface area contributed by atoms with Crippen LogP contribution < -0.4 is 11.1 Å². The van der Waals surface area contributed by atoms with Crippen molar-refractivity contribution < 1.29 is 24.2 Å². The van der Waals surface area contributed by atoms with E-state index in [1.165, 1.54) is 0 Å². The van der Waals surface area contributed by atoms with Gasteiger partial charge in [0.2, 0.25) is 0 Å². The highest BCUT2D eigenvalue weighted by Crippen LogP contribution is 2.08. The zero-order valence-corrected chi connectivity index (χ0v) is 6.52. The van der Waals surface area contributed by atoms with Crippen LogP contribution in [0.15, 0.2) is 0 Å². The second-order valence-electron chi connectivity index (χ2n) is 2.56. The fourth-order valence-corrected chi connectivity index (χ4v) is 0.880. The van der Waals surface area contributed by atoms with E-state index in [0.717, 1.165) is 0 Å². The minimum Gasteiger partial charge on any atom is -0.480 e. The van der Waals surface area contributed by atoms with Crippen molar-refractivity contribution in [2.45, 2.75) is 18.6 Å². The van der Waals surface area contributed by atoms with Gasteiger partial charge >= 0.3 is 12.1 Å². The molecule has 2 atom stereocenters. The summed E-state index contributed by atoms with van der Waals surface area (Å²) in [5.74, 6) is -1.89. The molecule has 2 amide bonds. The van der Waals surface area contributed by atoms with Gasteiger partial charge in [-0.25, -0.2) is 4.79 Å². The zero-order valence-electron chi connectivity index (χ0n) is 6.52. The zero-order chi connectivity index (χ0) is 10.0. The van der Waals surface area contributed by atoms with Gasteiger partial charge in [-0.2, -0.15) is 0 Å². The molecule has 0 spiro atoms. The van der Waals surface area contributed by atoms with Crippen LogP contribution in [0.4, 0.5) is 4.79 Å². The summed E-state index contributed by atoms with van der Waals surface area (Å²) in [6, 6.07) is -1.21. The van der Waals surface area contributed by atoms with E-state index in [2.05, 4.69) is 4.74 Å². The number of carboxylic acid groups (broad SMARTS) is 1. The Morgan fingerprint density at radius 1 is 1.69 bits per heavy atom. The van der Waals surface area contributed by atoms with E-state index in [1.54, 1.807) is 0 Å². The van der Waals surface area contributed by atoms with Crippen LogP contribution in [-0.2, 0) is 14.3 Å². The predicted molar refractivity (Wildman–Crippen MR) is 38.6 cm³/mol. The fraction of sp³-hybridized carbons (Fsp3) is 0.500. The van der Waals surface area contributed by atoms with Gasteiger partial charge < -0.3 is 15.6 Å². The molecule has 7 nitrogen and oxygen atoms in total. The van der Waals surface area contributed by atoms with Crippen LogP contribution in [-0.4, -0.2) is 35.2 Å². The number of imide groups is 1. The molecule has 0 aromatic rings. The van der Waals surface area contributed by atoms with E-state index in [0.29, 0.717) is 0 Å². The Kier molecular flexibility index (Phi) is 2.47. The average molecular weight is 188 g/mol. The monoisotopic (exact) mass is 188 g/mol. The smallest absolute Gasteiger partial charge is 0.414 e. The summed E-state index contributed by atoms with van der Waals surface area (Å²) in [4.78, 5) is 31.6. The van der Waals surface area contributed by atoms with Crippen LogP contribution in [0.3, 0.4) is 0 Å². The number of ether oxygens (including phenoxy) is 1. The number of amides is 2. The minimum absolute atomic E-state index is 0.215. The lowest BCUT2D eigenvalue weighted by Gasteiger charge is -2.08. The lowest BCUT2D eigenvalue weighted by Crippen LogP contribution is -2.37. The van der Waals surface area contributed by atoms with Crippen LogP contribution >= 0.6 is 0 Å². The molecule has 1 aliphatic heterocycles. The molecule has 1 rings (SSSR count). The quantitative estimate of drug-likeness (QED) is 0.492. The molecule has 4 N–H and O–H groups in total. The Morgan fingerprint density at radius 2 is 2.31 bits per heavy atom. The lowest BCUT2D eigenvalue weighted by atomic mass is 10.1. The molecule has 1 heterocycles. The highest BCUT2D eigenvalue weighted by atomic mass is 16.6. The Bertz CT molecular complexity index is 264. The summed E-state index contributed by atoms with van der Waals surface area (Å²) in [6.07, 6.45) is -2.17. The average Bonchev–Trinajstić information content (AvgIpc) is 2.30. The summed E-state index contributed by atoms with van der Waals surface area (Å²) in [5, 5.41) is 10.3. The van der Waals surface area contributed by atoms with Crippen LogP contribution in [0, 0.1) is 0 Å². The SMILES string of the molecule is N[C@H](CC1OC(=O)NC1=O)C(=O)O. The molecule has 0 aromatic carbocycles. The van der Waals surface area contributed by atoms with Crippen LogP contribution in [0.5, 0.6) is 0 Å². The van der Waals surface area contributed by atoms with Crippen LogP contribution in [0.2, 0.25) is 0 Å². The predicted octanol–water partition coefficient (Wildman–Crippen LogP) is -1.58. The van der Waals surface area contributed by atoms with Crippen molar-refractivity contribution in [3.05, 3.63) is 0 Å². The van der Waals surface area contributed by atoms with E-state index < -0.39 is 30.1 Å². The minimum atomic E-state index is -1.24. The molecular formula is C6H8N2O5. The van der Waals surface area contributed by atoms with Crippen LogP contribution in [0.25, 0.3) is 0 Å².